The quantitative estimate of drug-likeness (QED) is 0.828. The second-order valence-corrected chi connectivity index (χ2v) is 3.70. The summed E-state index contributed by atoms with van der Waals surface area (Å²) in [6.07, 6.45) is 0. The topological polar surface area (TPSA) is 57.6 Å². The molecule has 0 amide bonds. The van der Waals surface area contributed by atoms with Crippen LogP contribution in [0.4, 0.5) is 5.69 Å². The maximum absolute atomic E-state index is 5.97. The van der Waals surface area contributed by atoms with Crippen molar-refractivity contribution in [3.63, 3.8) is 0 Å². The first kappa shape index (κ1) is 11.4. The largest absolute Gasteiger partial charge is 0.493 e. The van der Waals surface area contributed by atoms with Crippen LogP contribution in [0.2, 0.25) is 0 Å². The summed E-state index contributed by atoms with van der Waals surface area (Å²) in [7, 11) is 3.17. The Balaban J connectivity index is 2.55. The molecule has 0 saturated heterocycles. The number of nitrogens with two attached hydrogens (primary N) is 1. The van der Waals surface area contributed by atoms with Crippen LogP contribution in [0.1, 0.15) is 5.76 Å². The van der Waals surface area contributed by atoms with Crippen LogP contribution in [0.15, 0.2) is 28.7 Å². The molecule has 2 N–H and O–H groups in total. The standard InChI is InChI=1S/C13H15NO3/c1-8-4-5-11(17-8)9-6-12(15-2)13(16-3)7-10(9)14/h4-7H,14H2,1-3H3. The summed E-state index contributed by atoms with van der Waals surface area (Å²) in [5.74, 6) is 2.80. The molecule has 0 aliphatic rings. The molecule has 0 aliphatic heterocycles. The van der Waals surface area contributed by atoms with E-state index >= 15 is 0 Å². The van der Waals surface area contributed by atoms with E-state index in [1.807, 2.05) is 25.1 Å². The van der Waals surface area contributed by atoms with Crippen molar-refractivity contribution in [2.24, 2.45) is 0 Å². The molecular formula is C13H15NO3. The van der Waals surface area contributed by atoms with Gasteiger partial charge in [-0.1, -0.05) is 0 Å². The van der Waals surface area contributed by atoms with Gasteiger partial charge in [-0.25, -0.2) is 0 Å². The van der Waals surface area contributed by atoms with E-state index in [2.05, 4.69) is 0 Å². The van der Waals surface area contributed by atoms with Crippen molar-refractivity contribution in [1.29, 1.82) is 0 Å². The fraction of sp³-hybridized carbons (Fsp3) is 0.231. The van der Waals surface area contributed by atoms with Gasteiger partial charge in [-0.15, -0.1) is 0 Å². The summed E-state index contributed by atoms with van der Waals surface area (Å²) < 4.78 is 16.0. The van der Waals surface area contributed by atoms with Crippen molar-refractivity contribution in [3.05, 3.63) is 30.0 Å². The molecular weight excluding hydrogens is 218 g/mol. The minimum atomic E-state index is 0.594. The predicted octanol–water partition coefficient (Wildman–Crippen LogP) is 2.85. The van der Waals surface area contributed by atoms with E-state index in [9.17, 15) is 0 Å². The van der Waals surface area contributed by atoms with Crippen LogP contribution in [0.5, 0.6) is 11.5 Å². The Kier molecular flexibility index (Phi) is 2.95. The number of hydrogen-bond acceptors (Lipinski definition) is 4. The lowest BCUT2D eigenvalue weighted by Crippen LogP contribution is -1.95. The monoisotopic (exact) mass is 233 g/mol. The molecule has 4 nitrogen and oxygen atoms in total. The first-order valence-corrected chi connectivity index (χ1v) is 5.24. The molecule has 0 radical (unpaired) electrons. The maximum atomic E-state index is 5.97. The molecule has 0 saturated carbocycles. The third-order valence-corrected chi connectivity index (χ3v) is 2.56. The van der Waals surface area contributed by atoms with E-state index in [1.54, 1.807) is 20.3 Å². The zero-order valence-corrected chi connectivity index (χ0v) is 10.1. The number of furan rings is 1. The molecule has 90 valence electrons. The highest BCUT2D eigenvalue weighted by Gasteiger charge is 2.12. The molecule has 2 aromatic rings. The summed E-state index contributed by atoms with van der Waals surface area (Å²) >= 11 is 0. The van der Waals surface area contributed by atoms with Gasteiger partial charge < -0.3 is 19.6 Å². The summed E-state index contributed by atoms with van der Waals surface area (Å²) in [6, 6.07) is 7.32. The number of methoxy groups -OCH3 is 2. The number of ether oxygens (including phenoxy) is 2. The van der Waals surface area contributed by atoms with Gasteiger partial charge in [-0.2, -0.15) is 0 Å². The van der Waals surface area contributed by atoms with Crippen LogP contribution in [-0.2, 0) is 0 Å². The first-order chi connectivity index (χ1) is 8.15. The van der Waals surface area contributed by atoms with Crippen molar-refractivity contribution < 1.29 is 13.9 Å². The molecule has 4 heteroatoms. The van der Waals surface area contributed by atoms with E-state index in [-0.39, 0.29) is 0 Å². The average molecular weight is 233 g/mol. The molecule has 0 aliphatic carbocycles. The highest BCUT2D eigenvalue weighted by molar-refractivity contribution is 5.76. The van der Waals surface area contributed by atoms with Gasteiger partial charge in [0.25, 0.3) is 0 Å². The fourth-order valence-electron chi connectivity index (χ4n) is 1.69. The van der Waals surface area contributed by atoms with Crippen molar-refractivity contribution in [2.45, 2.75) is 6.92 Å². The normalized spacial score (nSPS) is 10.3. The first-order valence-electron chi connectivity index (χ1n) is 5.24. The van der Waals surface area contributed by atoms with Crippen LogP contribution in [0.25, 0.3) is 11.3 Å². The fourth-order valence-corrected chi connectivity index (χ4v) is 1.69. The number of nitrogen functional groups attached to an aromatic ring is 1. The van der Waals surface area contributed by atoms with Crippen LogP contribution in [0, 0.1) is 6.92 Å². The van der Waals surface area contributed by atoms with Crippen LogP contribution >= 0.6 is 0 Å². The Morgan fingerprint density at radius 1 is 1.06 bits per heavy atom. The number of aryl methyl sites for hydroxylation is 1. The molecule has 1 aromatic carbocycles. The van der Waals surface area contributed by atoms with Crippen molar-refractivity contribution in [2.75, 3.05) is 20.0 Å². The van der Waals surface area contributed by atoms with Gasteiger partial charge in [-0.05, 0) is 25.1 Å². The Morgan fingerprint density at radius 3 is 2.24 bits per heavy atom. The van der Waals surface area contributed by atoms with Gasteiger partial charge in [0, 0.05) is 17.3 Å². The Bertz CT molecular complexity index is 531. The zero-order chi connectivity index (χ0) is 12.4. The van der Waals surface area contributed by atoms with E-state index in [1.165, 1.54) is 0 Å². The van der Waals surface area contributed by atoms with Crippen molar-refractivity contribution in [3.8, 4) is 22.8 Å². The summed E-state index contributed by atoms with van der Waals surface area (Å²) in [5, 5.41) is 0. The van der Waals surface area contributed by atoms with E-state index in [4.69, 9.17) is 19.6 Å². The molecule has 0 unspecified atom stereocenters. The van der Waals surface area contributed by atoms with Gasteiger partial charge in [0.1, 0.15) is 11.5 Å². The van der Waals surface area contributed by atoms with Gasteiger partial charge in [0.05, 0.1) is 14.2 Å². The minimum absolute atomic E-state index is 0.594. The van der Waals surface area contributed by atoms with Gasteiger partial charge in [0.2, 0.25) is 0 Å². The second kappa shape index (κ2) is 4.41. The zero-order valence-electron chi connectivity index (χ0n) is 10.1. The Labute approximate surface area is 99.9 Å². The second-order valence-electron chi connectivity index (χ2n) is 3.70. The molecule has 0 bridgehead atoms. The average Bonchev–Trinajstić information content (AvgIpc) is 2.75. The van der Waals surface area contributed by atoms with Crippen LogP contribution in [-0.4, -0.2) is 14.2 Å². The molecule has 17 heavy (non-hydrogen) atoms. The number of benzene rings is 1. The predicted molar refractivity (Wildman–Crippen MR) is 66.4 cm³/mol. The molecule has 0 fully saturated rings. The summed E-state index contributed by atoms with van der Waals surface area (Å²) in [4.78, 5) is 0. The Morgan fingerprint density at radius 2 is 1.71 bits per heavy atom. The summed E-state index contributed by atoms with van der Waals surface area (Å²) in [5.41, 5.74) is 7.36. The lowest BCUT2D eigenvalue weighted by atomic mass is 10.1. The Hall–Kier alpha value is -2.10. The SMILES string of the molecule is COc1cc(N)c(-c2ccc(C)o2)cc1OC. The number of rotatable bonds is 3. The molecule has 0 atom stereocenters. The van der Waals surface area contributed by atoms with Gasteiger partial charge in [-0.3, -0.25) is 0 Å². The molecule has 2 rings (SSSR count). The van der Waals surface area contributed by atoms with Gasteiger partial charge >= 0.3 is 0 Å². The van der Waals surface area contributed by atoms with E-state index < -0.39 is 0 Å². The highest BCUT2D eigenvalue weighted by atomic mass is 16.5. The highest BCUT2D eigenvalue weighted by Crippen LogP contribution is 2.37. The van der Waals surface area contributed by atoms with Crippen molar-refractivity contribution >= 4 is 5.69 Å². The minimum Gasteiger partial charge on any atom is -0.493 e. The lowest BCUT2D eigenvalue weighted by molar-refractivity contribution is 0.355. The maximum Gasteiger partial charge on any atom is 0.162 e. The van der Waals surface area contributed by atoms with Gasteiger partial charge in [0.15, 0.2) is 11.5 Å². The third kappa shape index (κ3) is 2.06. The molecule has 0 spiro atoms. The smallest absolute Gasteiger partial charge is 0.162 e. The van der Waals surface area contributed by atoms with Crippen molar-refractivity contribution in [1.82, 2.24) is 0 Å². The number of hydrogen-bond donors (Lipinski definition) is 1. The number of anilines is 1. The summed E-state index contributed by atoms with van der Waals surface area (Å²) in [6.45, 7) is 1.89. The molecule has 1 aromatic heterocycles. The van der Waals surface area contributed by atoms with E-state index in [0.717, 1.165) is 17.1 Å². The van der Waals surface area contributed by atoms with Crippen LogP contribution < -0.4 is 15.2 Å². The third-order valence-electron chi connectivity index (χ3n) is 2.56. The molecule has 1 heterocycles. The van der Waals surface area contributed by atoms with E-state index in [0.29, 0.717) is 17.2 Å². The lowest BCUT2D eigenvalue weighted by Gasteiger charge is -2.11. The van der Waals surface area contributed by atoms with Crippen LogP contribution in [0.3, 0.4) is 0 Å².